The van der Waals surface area contributed by atoms with Crippen molar-refractivity contribution in [1.29, 1.82) is 0 Å². The second-order valence-electron chi connectivity index (χ2n) is 2.25. The third-order valence-corrected chi connectivity index (χ3v) is 1.98. The third-order valence-electron chi connectivity index (χ3n) is 1.17. The van der Waals surface area contributed by atoms with Gasteiger partial charge in [0.15, 0.2) is 5.01 Å². The van der Waals surface area contributed by atoms with Crippen LogP contribution < -0.4 is 5.73 Å². The molecule has 0 saturated carbocycles. The predicted molar refractivity (Wildman–Crippen MR) is 48.7 cm³/mol. The van der Waals surface area contributed by atoms with Crippen LogP contribution in [0.15, 0.2) is 5.38 Å². The Morgan fingerprint density at radius 1 is 1.77 bits per heavy atom. The van der Waals surface area contributed by atoms with Crippen molar-refractivity contribution in [3.8, 4) is 11.8 Å². The van der Waals surface area contributed by atoms with Gasteiger partial charge in [0.1, 0.15) is 0 Å². The van der Waals surface area contributed by atoms with Gasteiger partial charge >= 0.3 is 0 Å². The molecule has 0 aliphatic heterocycles. The average molecular weight is 196 g/mol. The molecule has 0 radical (unpaired) electrons. The molecule has 3 N–H and O–H groups in total. The number of rotatable bonds is 2. The first-order valence-electron chi connectivity index (χ1n) is 3.55. The quantitative estimate of drug-likeness (QED) is 0.646. The second-order valence-corrected chi connectivity index (χ2v) is 3.11. The van der Waals surface area contributed by atoms with Crippen molar-refractivity contribution in [2.24, 2.45) is 5.73 Å². The van der Waals surface area contributed by atoms with Gasteiger partial charge in [0, 0.05) is 5.38 Å². The maximum absolute atomic E-state index is 10.3. The van der Waals surface area contributed by atoms with E-state index in [4.69, 9.17) is 10.8 Å². The maximum atomic E-state index is 10.3. The zero-order valence-corrected chi connectivity index (χ0v) is 7.60. The fourth-order valence-electron chi connectivity index (χ4n) is 0.644. The van der Waals surface area contributed by atoms with Crippen LogP contribution in [-0.2, 0) is 11.4 Å². The summed E-state index contributed by atoms with van der Waals surface area (Å²) in [6.07, 6.45) is 0.0358. The van der Waals surface area contributed by atoms with Gasteiger partial charge in [0.25, 0.3) is 0 Å². The molecule has 0 bridgehead atoms. The van der Waals surface area contributed by atoms with Crippen LogP contribution in [0, 0.1) is 11.8 Å². The Balaban J connectivity index is 2.61. The molecule has 0 aliphatic carbocycles. The predicted octanol–water partition coefficient (Wildman–Crippen LogP) is -0.138. The molecule has 0 fully saturated rings. The van der Waals surface area contributed by atoms with Gasteiger partial charge in [-0.2, -0.15) is 0 Å². The van der Waals surface area contributed by atoms with E-state index in [9.17, 15) is 4.79 Å². The zero-order valence-electron chi connectivity index (χ0n) is 6.78. The molecule has 68 valence electrons. The van der Waals surface area contributed by atoms with Crippen molar-refractivity contribution in [3.63, 3.8) is 0 Å². The normalized spacial score (nSPS) is 9.00. The number of thiazole rings is 1. The minimum atomic E-state index is -0.452. The van der Waals surface area contributed by atoms with Gasteiger partial charge in [0.2, 0.25) is 5.91 Å². The van der Waals surface area contributed by atoms with Crippen LogP contribution in [-0.4, -0.2) is 16.0 Å². The monoisotopic (exact) mass is 196 g/mol. The Bertz CT molecular complexity index is 362. The van der Waals surface area contributed by atoms with E-state index in [-0.39, 0.29) is 13.0 Å². The summed E-state index contributed by atoms with van der Waals surface area (Å²) in [5.41, 5.74) is 5.48. The third kappa shape index (κ3) is 3.23. The van der Waals surface area contributed by atoms with Gasteiger partial charge in [-0.15, -0.1) is 11.3 Å². The van der Waals surface area contributed by atoms with Crippen molar-refractivity contribution < 1.29 is 9.90 Å². The number of aliphatic hydroxyl groups excluding tert-OH is 1. The summed E-state index contributed by atoms with van der Waals surface area (Å²) in [6.45, 7) is -0.0893. The molecule has 5 heteroatoms. The summed E-state index contributed by atoms with van der Waals surface area (Å²) in [6, 6.07) is 0. The molecule has 0 saturated heterocycles. The summed E-state index contributed by atoms with van der Waals surface area (Å²) >= 11 is 1.33. The van der Waals surface area contributed by atoms with Crippen molar-refractivity contribution in [2.75, 3.05) is 0 Å². The molecular weight excluding hydrogens is 188 g/mol. The lowest BCUT2D eigenvalue weighted by Gasteiger charge is -1.81. The summed E-state index contributed by atoms with van der Waals surface area (Å²) in [4.78, 5) is 14.3. The number of hydrogen-bond donors (Lipinski definition) is 2. The van der Waals surface area contributed by atoms with Crippen molar-refractivity contribution >= 4 is 17.2 Å². The molecule has 0 unspecified atom stereocenters. The van der Waals surface area contributed by atoms with Crippen LogP contribution in [0.25, 0.3) is 0 Å². The molecule has 1 aromatic heterocycles. The highest BCUT2D eigenvalue weighted by atomic mass is 32.1. The van der Waals surface area contributed by atoms with E-state index >= 15 is 0 Å². The number of hydrogen-bond acceptors (Lipinski definition) is 4. The lowest BCUT2D eigenvalue weighted by atomic mass is 10.4. The second kappa shape index (κ2) is 4.60. The van der Waals surface area contributed by atoms with E-state index in [0.717, 1.165) is 0 Å². The number of aliphatic hydroxyl groups is 1. The fourth-order valence-corrected chi connectivity index (χ4v) is 1.32. The van der Waals surface area contributed by atoms with E-state index in [1.807, 2.05) is 0 Å². The van der Waals surface area contributed by atoms with Crippen molar-refractivity contribution in [3.05, 3.63) is 16.1 Å². The standard InChI is InChI=1S/C8H8N2O2S/c9-7(12)2-1-3-8-10-6(4-11)5-13-8/h5,11H,2,4H2,(H2,9,12). The number of amides is 1. The number of primary amides is 1. The first kappa shape index (κ1) is 9.71. The van der Waals surface area contributed by atoms with Crippen LogP contribution in [0.1, 0.15) is 17.1 Å². The molecule has 1 heterocycles. The molecule has 13 heavy (non-hydrogen) atoms. The Labute approximate surface area is 79.4 Å². The fraction of sp³-hybridized carbons (Fsp3) is 0.250. The first-order valence-corrected chi connectivity index (χ1v) is 4.43. The largest absolute Gasteiger partial charge is 0.390 e. The highest BCUT2D eigenvalue weighted by Crippen LogP contribution is 2.07. The van der Waals surface area contributed by atoms with Gasteiger partial charge in [-0.05, 0) is 5.92 Å². The maximum Gasteiger partial charge on any atom is 0.229 e. The smallest absolute Gasteiger partial charge is 0.229 e. The molecule has 0 aromatic carbocycles. The summed E-state index contributed by atoms with van der Waals surface area (Å²) in [7, 11) is 0. The molecule has 1 aromatic rings. The Kier molecular flexibility index (Phi) is 3.43. The lowest BCUT2D eigenvalue weighted by Crippen LogP contribution is -2.08. The van der Waals surface area contributed by atoms with Crippen molar-refractivity contribution in [1.82, 2.24) is 4.98 Å². The Morgan fingerprint density at radius 2 is 2.54 bits per heavy atom. The first-order chi connectivity index (χ1) is 6.22. The van der Waals surface area contributed by atoms with E-state index < -0.39 is 5.91 Å². The van der Waals surface area contributed by atoms with Crippen LogP contribution in [0.5, 0.6) is 0 Å². The summed E-state index contributed by atoms with van der Waals surface area (Å²) in [5, 5.41) is 11.0. The highest BCUT2D eigenvalue weighted by molar-refractivity contribution is 7.10. The number of nitrogens with two attached hydrogens (primary N) is 1. The van der Waals surface area contributed by atoms with Crippen molar-refractivity contribution in [2.45, 2.75) is 13.0 Å². The number of carbonyl (C=O) groups is 1. The Morgan fingerprint density at radius 3 is 3.08 bits per heavy atom. The summed E-state index contributed by atoms with van der Waals surface area (Å²) < 4.78 is 0. The van der Waals surface area contributed by atoms with Gasteiger partial charge < -0.3 is 10.8 Å². The average Bonchev–Trinajstić information content (AvgIpc) is 2.52. The molecule has 0 atom stereocenters. The minimum Gasteiger partial charge on any atom is -0.390 e. The van der Waals surface area contributed by atoms with E-state index in [2.05, 4.69) is 16.8 Å². The van der Waals surface area contributed by atoms with Crippen LogP contribution >= 0.6 is 11.3 Å². The molecular formula is C8H8N2O2S. The topological polar surface area (TPSA) is 76.2 Å². The van der Waals surface area contributed by atoms with E-state index in [1.54, 1.807) is 5.38 Å². The number of carbonyl (C=O) groups excluding carboxylic acids is 1. The molecule has 1 rings (SSSR count). The molecule has 0 spiro atoms. The minimum absolute atomic E-state index is 0.0358. The molecule has 4 nitrogen and oxygen atoms in total. The van der Waals surface area contributed by atoms with Gasteiger partial charge in [-0.25, -0.2) is 4.98 Å². The van der Waals surface area contributed by atoms with Crippen LogP contribution in [0.2, 0.25) is 0 Å². The summed E-state index contributed by atoms with van der Waals surface area (Å²) in [5.74, 6) is 4.80. The lowest BCUT2D eigenvalue weighted by molar-refractivity contribution is -0.117. The molecule has 1 amide bonds. The Hall–Kier alpha value is -1.38. The number of aromatic nitrogens is 1. The number of nitrogens with zero attached hydrogens (tertiary/aromatic N) is 1. The van der Waals surface area contributed by atoms with Gasteiger partial charge in [-0.1, -0.05) is 5.92 Å². The molecule has 0 aliphatic rings. The SMILES string of the molecule is NC(=O)CC#Cc1nc(CO)cs1. The van der Waals surface area contributed by atoms with E-state index in [1.165, 1.54) is 11.3 Å². The highest BCUT2D eigenvalue weighted by Gasteiger charge is 1.96. The van der Waals surface area contributed by atoms with E-state index in [0.29, 0.717) is 10.7 Å². The van der Waals surface area contributed by atoms with Crippen LogP contribution in [0.3, 0.4) is 0 Å². The van der Waals surface area contributed by atoms with Gasteiger partial charge in [-0.3, -0.25) is 4.79 Å². The van der Waals surface area contributed by atoms with Crippen LogP contribution in [0.4, 0.5) is 0 Å². The zero-order chi connectivity index (χ0) is 9.68. The van der Waals surface area contributed by atoms with Gasteiger partial charge in [0.05, 0.1) is 18.7 Å².